The van der Waals surface area contributed by atoms with Crippen LogP contribution >= 0.6 is 0 Å². The van der Waals surface area contributed by atoms with E-state index in [9.17, 15) is 4.79 Å². The lowest BCUT2D eigenvalue weighted by Crippen LogP contribution is -2.36. The van der Waals surface area contributed by atoms with Gasteiger partial charge in [-0.1, -0.05) is 6.07 Å². The van der Waals surface area contributed by atoms with Crippen LogP contribution in [0.2, 0.25) is 0 Å². The summed E-state index contributed by atoms with van der Waals surface area (Å²) in [6.45, 7) is 1.69. The molecule has 1 amide bonds. The molecule has 3 heterocycles. The fourth-order valence-electron chi connectivity index (χ4n) is 3.14. The average Bonchev–Trinajstić information content (AvgIpc) is 3.18. The summed E-state index contributed by atoms with van der Waals surface area (Å²) in [7, 11) is 1.98. The van der Waals surface area contributed by atoms with Crippen molar-refractivity contribution in [2.45, 2.75) is 25.8 Å². The zero-order valence-electron chi connectivity index (χ0n) is 13.1. The van der Waals surface area contributed by atoms with Crippen molar-refractivity contribution >= 4 is 5.91 Å². The van der Waals surface area contributed by atoms with Gasteiger partial charge in [0.2, 0.25) is 12.7 Å². The summed E-state index contributed by atoms with van der Waals surface area (Å²) in [5, 5.41) is 0. The Balaban J connectivity index is 1.38. The molecule has 2 aliphatic rings. The first-order valence-corrected chi connectivity index (χ1v) is 7.86. The van der Waals surface area contributed by atoms with Crippen molar-refractivity contribution in [3.05, 3.63) is 41.5 Å². The first-order valence-electron chi connectivity index (χ1n) is 7.86. The lowest BCUT2D eigenvalue weighted by atomic mass is 10.1. The molecule has 23 heavy (non-hydrogen) atoms. The fourth-order valence-corrected chi connectivity index (χ4v) is 3.14. The molecule has 0 N–H and O–H groups in total. The van der Waals surface area contributed by atoms with Crippen LogP contribution in [-0.2, 0) is 31.2 Å². The molecule has 1 aromatic carbocycles. The predicted octanol–water partition coefficient (Wildman–Crippen LogP) is 1.67. The second-order valence-corrected chi connectivity index (χ2v) is 6.00. The highest BCUT2D eigenvalue weighted by molar-refractivity contribution is 5.76. The molecule has 0 saturated heterocycles. The van der Waals surface area contributed by atoms with Gasteiger partial charge in [0.15, 0.2) is 11.5 Å². The van der Waals surface area contributed by atoms with Gasteiger partial charge in [-0.2, -0.15) is 0 Å². The number of nitrogens with zero attached hydrogens (tertiary/aromatic N) is 3. The Morgan fingerprint density at radius 2 is 2.17 bits per heavy atom. The Bertz CT molecular complexity index is 754. The molecule has 2 aliphatic heterocycles. The third kappa shape index (κ3) is 2.65. The van der Waals surface area contributed by atoms with Crippen LogP contribution in [0.1, 0.15) is 23.4 Å². The highest BCUT2D eigenvalue weighted by Gasteiger charge is 2.23. The second-order valence-electron chi connectivity index (χ2n) is 6.00. The number of ether oxygens (including phenoxy) is 2. The predicted molar refractivity (Wildman–Crippen MR) is 83.2 cm³/mol. The van der Waals surface area contributed by atoms with E-state index in [-0.39, 0.29) is 12.7 Å². The molecule has 0 radical (unpaired) electrons. The van der Waals surface area contributed by atoms with Gasteiger partial charge >= 0.3 is 0 Å². The van der Waals surface area contributed by atoms with Crippen LogP contribution in [0.15, 0.2) is 24.5 Å². The summed E-state index contributed by atoms with van der Waals surface area (Å²) in [6.07, 6.45) is 3.88. The molecular formula is C17H19N3O3. The summed E-state index contributed by atoms with van der Waals surface area (Å²) in [5.41, 5.74) is 3.36. The van der Waals surface area contributed by atoms with E-state index in [2.05, 4.69) is 4.98 Å². The number of fused-ring (bicyclic) bond motifs is 2. The van der Waals surface area contributed by atoms with E-state index in [0.29, 0.717) is 19.4 Å². The van der Waals surface area contributed by atoms with Gasteiger partial charge in [0, 0.05) is 26.4 Å². The fraction of sp³-hybridized carbons (Fsp3) is 0.412. The number of aromatic nitrogens is 2. The third-order valence-electron chi connectivity index (χ3n) is 4.52. The summed E-state index contributed by atoms with van der Waals surface area (Å²) in [6, 6.07) is 5.87. The van der Waals surface area contributed by atoms with E-state index < -0.39 is 0 Å². The van der Waals surface area contributed by atoms with Gasteiger partial charge in [0.25, 0.3) is 0 Å². The molecule has 2 aromatic rings. The number of hydrogen-bond donors (Lipinski definition) is 0. The van der Waals surface area contributed by atoms with Crippen molar-refractivity contribution in [2.24, 2.45) is 7.05 Å². The average molecular weight is 313 g/mol. The van der Waals surface area contributed by atoms with Crippen LogP contribution in [0.25, 0.3) is 0 Å². The quantitative estimate of drug-likeness (QED) is 0.865. The Labute approximate surface area is 134 Å². The van der Waals surface area contributed by atoms with Gasteiger partial charge in [0.1, 0.15) is 0 Å². The standard InChI is InChI=1S/C17H19N3O3/c1-19-10-18-13-6-7-20(9-14(13)19)17(21)5-3-12-2-4-15-16(8-12)23-11-22-15/h2,4,8,10H,3,5-7,9,11H2,1H3. The molecule has 0 atom stereocenters. The molecule has 4 rings (SSSR count). The molecule has 0 bridgehead atoms. The molecule has 6 nitrogen and oxygen atoms in total. The Morgan fingerprint density at radius 3 is 3.09 bits per heavy atom. The van der Waals surface area contributed by atoms with E-state index in [1.165, 1.54) is 0 Å². The van der Waals surface area contributed by atoms with Crippen molar-refractivity contribution in [1.82, 2.24) is 14.5 Å². The number of imidazole rings is 1. The maximum atomic E-state index is 12.5. The van der Waals surface area contributed by atoms with Crippen molar-refractivity contribution in [3.63, 3.8) is 0 Å². The largest absolute Gasteiger partial charge is 0.454 e. The Kier molecular flexibility index (Phi) is 3.44. The minimum absolute atomic E-state index is 0.189. The van der Waals surface area contributed by atoms with E-state index >= 15 is 0 Å². The first-order chi connectivity index (χ1) is 11.2. The lowest BCUT2D eigenvalue weighted by molar-refractivity contribution is -0.132. The van der Waals surface area contributed by atoms with Crippen LogP contribution in [0.3, 0.4) is 0 Å². The molecule has 6 heteroatoms. The van der Waals surface area contributed by atoms with Gasteiger partial charge in [-0.25, -0.2) is 4.98 Å². The number of carbonyl (C=O) groups is 1. The highest BCUT2D eigenvalue weighted by atomic mass is 16.7. The molecule has 120 valence electrons. The summed E-state index contributed by atoms with van der Waals surface area (Å²) >= 11 is 0. The summed E-state index contributed by atoms with van der Waals surface area (Å²) in [4.78, 5) is 18.8. The number of hydrogen-bond acceptors (Lipinski definition) is 4. The minimum atomic E-state index is 0.189. The van der Waals surface area contributed by atoms with Gasteiger partial charge < -0.3 is 18.9 Å². The van der Waals surface area contributed by atoms with Gasteiger partial charge in [-0.05, 0) is 24.1 Å². The third-order valence-corrected chi connectivity index (χ3v) is 4.52. The van der Waals surface area contributed by atoms with Crippen LogP contribution in [-0.4, -0.2) is 33.7 Å². The normalized spacial score (nSPS) is 15.6. The monoisotopic (exact) mass is 313 g/mol. The van der Waals surface area contributed by atoms with Crippen molar-refractivity contribution in [1.29, 1.82) is 0 Å². The zero-order valence-corrected chi connectivity index (χ0v) is 13.1. The molecule has 0 unspecified atom stereocenters. The number of aryl methyl sites for hydroxylation is 2. The van der Waals surface area contributed by atoms with E-state index in [0.717, 1.165) is 41.4 Å². The zero-order chi connectivity index (χ0) is 15.8. The Morgan fingerprint density at radius 1 is 1.30 bits per heavy atom. The van der Waals surface area contributed by atoms with Crippen molar-refractivity contribution < 1.29 is 14.3 Å². The molecule has 0 fully saturated rings. The van der Waals surface area contributed by atoms with Crippen LogP contribution in [0.4, 0.5) is 0 Å². The van der Waals surface area contributed by atoms with Crippen LogP contribution in [0.5, 0.6) is 11.5 Å². The second kappa shape index (κ2) is 5.61. The first kappa shape index (κ1) is 14.1. The number of carbonyl (C=O) groups excluding carboxylic acids is 1. The van der Waals surface area contributed by atoms with Gasteiger partial charge in [-0.3, -0.25) is 4.79 Å². The van der Waals surface area contributed by atoms with Gasteiger partial charge in [0.05, 0.1) is 24.3 Å². The molecule has 0 spiro atoms. The Hall–Kier alpha value is -2.50. The molecular weight excluding hydrogens is 294 g/mol. The van der Waals surface area contributed by atoms with Gasteiger partial charge in [-0.15, -0.1) is 0 Å². The smallest absolute Gasteiger partial charge is 0.231 e. The summed E-state index contributed by atoms with van der Waals surface area (Å²) in [5.74, 6) is 1.74. The highest BCUT2D eigenvalue weighted by Crippen LogP contribution is 2.32. The van der Waals surface area contributed by atoms with Crippen molar-refractivity contribution in [2.75, 3.05) is 13.3 Å². The molecule has 0 aliphatic carbocycles. The van der Waals surface area contributed by atoms with Crippen LogP contribution in [0, 0.1) is 0 Å². The van der Waals surface area contributed by atoms with E-state index in [1.54, 1.807) is 0 Å². The van der Waals surface area contributed by atoms with E-state index in [4.69, 9.17) is 9.47 Å². The summed E-state index contributed by atoms with van der Waals surface area (Å²) < 4.78 is 12.7. The van der Waals surface area contributed by atoms with E-state index in [1.807, 2.05) is 41.0 Å². The topological polar surface area (TPSA) is 56.6 Å². The maximum absolute atomic E-state index is 12.5. The van der Waals surface area contributed by atoms with Crippen LogP contribution < -0.4 is 9.47 Å². The molecule has 1 aromatic heterocycles. The number of rotatable bonds is 3. The SMILES string of the molecule is Cn1cnc2c1CN(C(=O)CCc1ccc3c(c1)OCO3)CC2. The lowest BCUT2D eigenvalue weighted by Gasteiger charge is -2.27. The number of benzene rings is 1. The maximum Gasteiger partial charge on any atom is 0.231 e. The minimum Gasteiger partial charge on any atom is -0.454 e. The number of amides is 1. The van der Waals surface area contributed by atoms with Crippen molar-refractivity contribution in [3.8, 4) is 11.5 Å². The molecule has 0 saturated carbocycles.